The van der Waals surface area contributed by atoms with E-state index in [0.29, 0.717) is 28.1 Å². The summed E-state index contributed by atoms with van der Waals surface area (Å²) in [5, 5.41) is 8.43. The Balaban J connectivity index is 1.50. The Kier molecular flexibility index (Phi) is 5.39. The van der Waals surface area contributed by atoms with Crippen LogP contribution in [0.4, 0.5) is 0 Å². The number of amides is 3. The minimum absolute atomic E-state index is 0.295. The molecule has 6 heteroatoms. The van der Waals surface area contributed by atoms with Crippen LogP contribution in [0.5, 0.6) is 0 Å². The maximum absolute atomic E-state index is 12.5. The second kappa shape index (κ2) is 8.45. The van der Waals surface area contributed by atoms with Crippen molar-refractivity contribution in [3.05, 3.63) is 119 Å². The van der Waals surface area contributed by atoms with Crippen LogP contribution in [-0.2, 0) is 0 Å². The molecule has 0 bridgehead atoms. The van der Waals surface area contributed by atoms with Crippen molar-refractivity contribution in [2.75, 3.05) is 0 Å². The molecule has 0 radical (unpaired) electrons. The van der Waals surface area contributed by atoms with Crippen LogP contribution >= 0.6 is 0 Å². The van der Waals surface area contributed by atoms with Gasteiger partial charge in [-0.25, -0.2) is 0 Å². The monoisotopic (exact) mass is 397 g/mol. The number of carbonyl (C=O) groups excluding carboxylic acids is 3. The average molecular weight is 397 g/mol. The molecule has 3 amide bonds. The first kappa shape index (κ1) is 19.1. The molecule has 0 unspecified atom stereocenters. The predicted octanol–water partition coefficient (Wildman–Crippen LogP) is 2.87. The van der Waals surface area contributed by atoms with Crippen molar-refractivity contribution in [1.29, 1.82) is 0 Å². The highest BCUT2D eigenvalue weighted by atomic mass is 16.2. The van der Waals surface area contributed by atoms with Crippen molar-refractivity contribution in [3.63, 3.8) is 0 Å². The molecule has 1 aliphatic carbocycles. The summed E-state index contributed by atoms with van der Waals surface area (Å²) >= 11 is 0. The second-order valence-electron chi connectivity index (χ2n) is 6.74. The van der Waals surface area contributed by atoms with E-state index in [-0.39, 0.29) is 17.7 Å². The highest BCUT2D eigenvalue weighted by Gasteiger charge is 2.41. The first-order valence-electron chi connectivity index (χ1n) is 9.46. The normalized spacial score (nSPS) is 12.8. The van der Waals surface area contributed by atoms with Crippen molar-refractivity contribution in [1.82, 2.24) is 16.0 Å². The molecule has 0 spiro atoms. The standard InChI is InChI=1S/C24H19N3O3/c28-22(16-10-4-1-5-11-16)25-19-20(26-23(29)17-12-6-2-7-13-17)21(19)27-24(30)18-14-8-3-9-15-18/h1-15,19H,(H,25,28)(H,26,29)(H,27,30). The Morgan fingerprint density at radius 2 is 0.833 bits per heavy atom. The molecule has 30 heavy (non-hydrogen) atoms. The van der Waals surface area contributed by atoms with E-state index in [9.17, 15) is 14.4 Å². The molecular formula is C24H19N3O3. The van der Waals surface area contributed by atoms with E-state index in [1.807, 2.05) is 18.2 Å². The van der Waals surface area contributed by atoms with E-state index in [4.69, 9.17) is 0 Å². The van der Waals surface area contributed by atoms with Gasteiger partial charge >= 0.3 is 0 Å². The van der Waals surface area contributed by atoms with Crippen LogP contribution in [0.3, 0.4) is 0 Å². The summed E-state index contributed by atoms with van der Waals surface area (Å²) in [6.07, 6.45) is 0. The number of hydrogen-bond acceptors (Lipinski definition) is 3. The first-order valence-corrected chi connectivity index (χ1v) is 9.46. The molecule has 0 atom stereocenters. The quantitative estimate of drug-likeness (QED) is 0.598. The van der Waals surface area contributed by atoms with Gasteiger partial charge in [-0.05, 0) is 36.4 Å². The van der Waals surface area contributed by atoms with Crippen molar-refractivity contribution < 1.29 is 14.4 Å². The third kappa shape index (κ3) is 4.28. The molecular weight excluding hydrogens is 378 g/mol. The molecule has 0 fully saturated rings. The summed E-state index contributed by atoms with van der Waals surface area (Å²) in [7, 11) is 0. The van der Waals surface area contributed by atoms with Crippen LogP contribution in [-0.4, -0.2) is 23.8 Å². The molecule has 0 saturated heterocycles. The van der Waals surface area contributed by atoms with Crippen LogP contribution in [0, 0.1) is 0 Å². The largest absolute Gasteiger partial charge is 0.338 e. The van der Waals surface area contributed by atoms with Gasteiger partial charge in [-0.3, -0.25) is 14.4 Å². The lowest BCUT2D eigenvalue weighted by molar-refractivity contribution is 0.0933. The van der Waals surface area contributed by atoms with Crippen LogP contribution in [0.15, 0.2) is 102 Å². The SMILES string of the molecule is O=C(NC1=C(NC(=O)c2ccccc2)C1NC(=O)c1ccccc1)c1ccccc1. The van der Waals surface area contributed by atoms with Gasteiger partial charge in [0.05, 0.1) is 11.4 Å². The van der Waals surface area contributed by atoms with Gasteiger partial charge < -0.3 is 16.0 Å². The van der Waals surface area contributed by atoms with E-state index in [2.05, 4.69) is 16.0 Å². The summed E-state index contributed by atoms with van der Waals surface area (Å²) in [5.74, 6) is -0.918. The Labute approximate surface area is 173 Å². The van der Waals surface area contributed by atoms with Gasteiger partial charge in [0.15, 0.2) is 0 Å². The van der Waals surface area contributed by atoms with Crippen LogP contribution in [0.1, 0.15) is 31.1 Å². The molecule has 3 aromatic carbocycles. The van der Waals surface area contributed by atoms with E-state index in [1.165, 1.54) is 0 Å². The van der Waals surface area contributed by atoms with Gasteiger partial charge in [-0.15, -0.1) is 0 Å². The smallest absolute Gasteiger partial charge is 0.255 e. The number of hydrogen-bond donors (Lipinski definition) is 3. The molecule has 3 aromatic rings. The predicted molar refractivity (Wildman–Crippen MR) is 113 cm³/mol. The second-order valence-corrected chi connectivity index (χ2v) is 6.74. The molecule has 0 aliphatic heterocycles. The molecule has 6 nitrogen and oxygen atoms in total. The fourth-order valence-corrected chi connectivity index (χ4v) is 3.02. The highest BCUT2D eigenvalue weighted by molar-refractivity contribution is 6.00. The lowest BCUT2D eigenvalue weighted by Gasteiger charge is -2.07. The summed E-state index contributed by atoms with van der Waals surface area (Å²) in [4.78, 5) is 37.6. The van der Waals surface area contributed by atoms with E-state index in [0.717, 1.165) is 0 Å². The van der Waals surface area contributed by atoms with Crippen molar-refractivity contribution in [2.45, 2.75) is 6.04 Å². The lowest BCUT2D eigenvalue weighted by atomic mass is 10.2. The molecule has 4 rings (SSSR count). The number of benzene rings is 3. The molecule has 0 aromatic heterocycles. The van der Waals surface area contributed by atoms with E-state index < -0.39 is 6.04 Å². The fraction of sp³-hybridized carbons (Fsp3) is 0.0417. The first-order chi connectivity index (χ1) is 14.6. The van der Waals surface area contributed by atoms with E-state index >= 15 is 0 Å². The van der Waals surface area contributed by atoms with Gasteiger partial charge in [0.1, 0.15) is 6.04 Å². The molecule has 3 N–H and O–H groups in total. The van der Waals surface area contributed by atoms with Gasteiger partial charge in [-0.1, -0.05) is 54.6 Å². The summed E-state index contributed by atoms with van der Waals surface area (Å²) < 4.78 is 0. The number of rotatable bonds is 6. The van der Waals surface area contributed by atoms with Crippen molar-refractivity contribution in [3.8, 4) is 0 Å². The highest BCUT2D eigenvalue weighted by Crippen LogP contribution is 2.28. The molecule has 0 heterocycles. The van der Waals surface area contributed by atoms with Gasteiger partial charge in [0, 0.05) is 16.7 Å². The Morgan fingerprint density at radius 1 is 0.500 bits per heavy atom. The molecule has 1 aliphatic rings. The zero-order valence-corrected chi connectivity index (χ0v) is 16.0. The van der Waals surface area contributed by atoms with Gasteiger partial charge in [0.2, 0.25) is 0 Å². The number of nitrogens with one attached hydrogen (secondary N) is 3. The van der Waals surface area contributed by atoms with Crippen molar-refractivity contribution in [2.24, 2.45) is 0 Å². The zero-order valence-electron chi connectivity index (χ0n) is 16.0. The van der Waals surface area contributed by atoms with Gasteiger partial charge in [0.25, 0.3) is 17.7 Å². The minimum atomic E-state index is -0.571. The van der Waals surface area contributed by atoms with Crippen LogP contribution < -0.4 is 16.0 Å². The number of carbonyl (C=O) groups is 3. The molecule has 0 saturated carbocycles. The third-order valence-electron chi connectivity index (χ3n) is 4.66. The Bertz CT molecular complexity index is 1050. The summed E-state index contributed by atoms with van der Waals surface area (Å²) in [6.45, 7) is 0. The lowest BCUT2D eigenvalue weighted by Crippen LogP contribution is -2.34. The molecule has 148 valence electrons. The van der Waals surface area contributed by atoms with Crippen molar-refractivity contribution >= 4 is 17.7 Å². The summed E-state index contributed by atoms with van der Waals surface area (Å²) in [5.41, 5.74) is 2.40. The van der Waals surface area contributed by atoms with E-state index in [1.54, 1.807) is 72.8 Å². The average Bonchev–Trinajstić information content (AvgIpc) is 3.44. The fourth-order valence-electron chi connectivity index (χ4n) is 3.02. The maximum atomic E-state index is 12.5. The topological polar surface area (TPSA) is 87.3 Å². The van der Waals surface area contributed by atoms with Gasteiger partial charge in [-0.2, -0.15) is 0 Å². The zero-order chi connectivity index (χ0) is 20.9. The minimum Gasteiger partial charge on any atom is -0.338 e. The summed E-state index contributed by atoms with van der Waals surface area (Å²) in [6, 6.07) is 25.7. The Morgan fingerprint density at radius 3 is 1.20 bits per heavy atom. The van der Waals surface area contributed by atoms with Crippen LogP contribution in [0.25, 0.3) is 0 Å². The third-order valence-corrected chi connectivity index (χ3v) is 4.66. The maximum Gasteiger partial charge on any atom is 0.255 e. The Hall–Kier alpha value is -4.19. The van der Waals surface area contributed by atoms with Crippen LogP contribution in [0.2, 0.25) is 0 Å².